The van der Waals surface area contributed by atoms with Crippen LogP contribution in [0.25, 0.3) is 0 Å². The Morgan fingerprint density at radius 2 is 2.11 bits per heavy atom. The lowest BCUT2D eigenvalue weighted by atomic mass is 9.76. The average Bonchev–Trinajstić information content (AvgIpc) is 2.78. The third-order valence-corrected chi connectivity index (χ3v) is 4.13. The van der Waals surface area contributed by atoms with Gasteiger partial charge >= 0.3 is 0 Å². The van der Waals surface area contributed by atoms with Crippen LogP contribution in [0.2, 0.25) is 0 Å². The van der Waals surface area contributed by atoms with E-state index in [0.29, 0.717) is 12.3 Å². The first-order valence-corrected chi connectivity index (χ1v) is 7.22. The van der Waals surface area contributed by atoms with Crippen LogP contribution in [0.15, 0.2) is 6.33 Å². The molecule has 0 aromatic carbocycles. The fraction of sp³-hybridized carbons (Fsp3) is 0.857. The Hall–Kier alpha value is -0.900. The monoisotopic (exact) mass is 251 g/mol. The number of rotatable bonds is 5. The molecule has 1 aromatic heterocycles. The maximum atomic E-state index is 10.7. The van der Waals surface area contributed by atoms with Gasteiger partial charge in [0.05, 0.1) is 5.60 Å². The Bertz CT molecular complexity index is 367. The fourth-order valence-corrected chi connectivity index (χ4v) is 3.01. The van der Waals surface area contributed by atoms with Crippen molar-refractivity contribution >= 4 is 0 Å². The van der Waals surface area contributed by atoms with Crippen molar-refractivity contribution in [1.29, 1.82) is 0 Å². The van der Waals surface area contributed by atoms with Crippen molar-refractivity contribution in [2.75, 3.05) is 0 Å². The lowest BCUT2D eigenvalue weighted by molar-refractivity contribution is -0.0183. The highest BCUT2D eigenvalue weighted by molar-refractivity contribution is 4.96. The molecule has 0 saturated heterocycles. The maximum absolute atomic E-state index is 10.7. The SMILES string of the molecule is CCCn1ncnc1CC(C)(O)C1CCCCC1. The molecule has 4 heteroatoms. The summed E-state index contributed by atoms with van der Waals surface area (Å²) < 4.78 is 1.93. The maximum Gasteiger partial charge on any atom is 0.138 e. The summed E-state index contributed by atoms with van der Waals surface area (Å²) in [5, 5.41) is 15.0. The van der Waals surface area contributed by atoms with Gasteiger partial charge in [-0.3, -0.25) is 4.68 Å². The van der Waals surface area contributed by atoms with E-state index >= 15 is 0 Å². The molecule has 4 nitrogen and oxygen atoms in total. The van der Waals surface area contributed by atoms with Crippen molar-refractivity contribution in [1.82, 2.24) is 14.8 Å². The smallest absolute Gasteiger partial charge is 0.138 e. The zero-order valence-corrected chi connectivity index (χ0v) is 11.6. The van der Waals surface area contributed by atoms with Crippen molar-refractivity contribution in [3.63, 3.8) is 0 Å². The molecule has 1 aliphatic carbocycles. The number of aliphatic hydroxyl groups is 1. The van der Waals surface area contributed by atoms with E-state index in [1.165, 1.54) is 19.3 Å². The van der Waals surface area contributed by atoms with Gasteiger partial charge in [0, 0.05) is 13.0 Å². The van der Waals surface area contributed by atoms with Crippen LogP contribution in [0.5, 0.6) is 0 Å². The first kappa shape index (κ1) is 13.5. The fourth-order valence-electron chi connectivity index (χ4n) is 3.01. The predicted molar refractivity (Wildman–Crippen MR) is 71.2 cm³/mol. The van der Waals surface area contributed by atoms with Crippen LogP contribution < -0.4 is 0 Å². The van der Waals surface area contributed by atoms with E-state index < -0.39 is 5.60 Å². The number of hydrogen-bond acceptors (Lipinski definition) is 3. The summed E-state index contributed by atoms with van der Waals surface area (Å²) in [7, 11) is 0. The molecule has 0 radical (unpaired) electrons. The predicted octanol–water partition coefficient (Wildman–Crippen LogP) is 2.56. The van der Waals surface area contributed by atoms with Crippen LogP contribution in [0.4, 0.5) is 0 Å². The normalized spacial score (nSPS) is 20.8. The zero-order valence-electron chi connectivity index (χ0n) is 11.6. The Morgan fingerprint density at radius 3 is 2.78 bits per heavy atom. The van der Waals surface area contributed by atoms with Crippen LogP contribution in [0, 0.1) is 5.92 Å². The molecule has 1 aliphatic rings. The van der Waals surface area contributed by atoms with Crippen molar-refractivity contribution in [2.45, 2.75) is 70.9 Å². The third kappa shape index (κ3) is 3.10. The zero-order chi connectivity index (χ0) is 13.0. The minimum absolute atomic E-state index is 0.415. The Kier molecular flexibility index (Phi) is 4.38. The van der Waals surface area contributed by atoms with Gasteiger partial charge in [0.1, 0.15) is 12.2 Å². The highest BCUT2D eigenvalue weighted by atomic mass is 16.3. The second kappa shape index (κ2) is 5.83. The van der Waals surface area contributed by atoms with Crippen molar-refractivity contribution in [3.8, 4) is 0 Å². The topological polar surface area (TPSA) is 50.9 Å². The molecule has 0 bridgehead atoms. The molecular formula is C14H25N3O. The van der Waals surface area contributed by atoms with Crippen LogP contribution in [0.3, 0.4) is 0 Å². The van der Waals surface area contributed by atoms with E-state index in [-0.39, 0.29) is 0 Å². The van der Waals surface area contributed by atoms with Crippen LogP contribution >= 0.6 is 0 Å². The van der Waals surface area contributed by atoms with Crippen molar-refractivity contribution in [2.24, 2.45) is 5.92 Å². The highest BCUT2D eigenvalue weighted by Crippen LogP contribution is 2.34. The van der Waals surface area contributed by atoms with E-state index in [0.717, 1.165) is 31.6 Å². The Balaban J connectivity index is 2.03. The quantitative estimate of drug-likeness (QED) is 0.875. The molecular weight excluding hydrogens is 226 g/mol. The summed E-state index contributed by atoms with van der Waals surface area (Å²) in [4.78, 5) is 4.31. The lowest BCUT2D eigenvalue weighted by Crippen LogP contribution is -2.39. The lowest BCUT2D eigenvalue weighted by Gasteiger charge is -2.35. The van der Waals surface area contributed by atoms with Gasteiger partial charge in [-0.2, -0.15) is 5.10 Å². The van der Waals surface area contributed by atoms with Crippen molar-refractivity contribution < 1.29 is 5.11 Å². The van der Waals surface area contributed by atoms with Gasteiger partial charge in [-0.25, -0.2) is 4.98 Å². The van der Waals surface area contributed by atoms with Gasteiger partial charge in [-0.05, 0) is 32.1 Å². The molecule has 0 spiro atoms. The molecule has 1 heterocycles. The van der Waals surface area contributed by atoms with E-state index in [1.54, 1.807) is 6.33 Å². The summed E-state index contributed by atoms with van der Waals surface area (Å²) in [6.07, 6.45) is 9.38. The van der Waals surface area contributed by atoms with Crippen molar-refractivity contribution in [3.05, 3.63) is 12.2 Å². The molecule has 0 amide bonds. The minimum Gasteiger partial charge on any atom is -0.389 e. The number of hydrogen-bond donors (Lipinski definition) is 1. The van der Waals surface area contributed by atoms with Crippen LogP contribution in [-0.2, 0) is 13.0 Å². The first-order valence-electron chi connectivity index (χ1n) is 7.22. The van der Waals surface area contributed by atoms with Crippen LogP contribution in [0.1, 0.15) is 58.2 Å². The largest absolute Gasteiger partial charge is 0.389 e. The standard InChI is InChI=1S/C14H25N3O/c1-3-9-17-13(15-11-16-17)10-14(2,18)12-7-5-4-6-8-12/h11-12,18H,3-10H2,1-2H3. The summed E-state index contributed by atoms with van der Waals surface area (Å²) in [6, 6.07) is 0. The molecule has 1 aromatic rings. The molecule has 2 rings (SSSR count). The average molecular weight is 251 g/mol. The summed E-state index contributed by atoms with van der Waals surface area (Å²) in [5.41, 5.74) is -0.640. The molecule has 1 atom stereocenters. The van der Waals surface area contributed by atoms with Crippen LogP contribution in [-0.4, -0.2) is 25.5 Å². The van der Waals surface area contributed by atoms with E-state index in [9.17, 15) is 5.11 Å². The first-order chi connectivity index (χ1) is 8.63. The Morgan fingerprint density at radius 1 is 1.39 bits per heavy atom. The van der Waals surface area contributed by atoms with Gasteiger partial charge in [0.25, 0.3) is 0 Å². The summed E-state index contributed by atoms with van der Waals surface area (Å²) in [5.74, 6) is 1.34. The van der Waals surface area contributed by atoms with Gasteiger partial charge in [-0.1, -0.05) is 26.2 Å². The van der Waals surface area contributed by atoms with Gasteiger partial charge in [-0.15, -0.1) is 0 Å². The molecule has 1 unspecified atom stereocenters. The number of aromatic nitrogens is 3. The summed E-state index contributed by atoms with van der Waals surface area (Å²) >= 11 is 0. The highest BCUT2D eigenvalue weighted by Gasteiger charge is 2.34. The van der Waals surface area contributed by atoms with E-state index in [4.69, 9.17) is 0 Å². The molecule has 1 N–H and O–H groups in total. The van der Waals surface area contributed by atoms with Gasteiger partial charge < -0.3 is 5.11 Å². The van der Waals surface area contributed by atoms with Gasteiger partial charge in [0.2, 0.25) is 0 Å². The Labute approximate surface area is 109 Å². The van der Waals surface area contributed by atoms with Gasteiger partial charge in [0.15, 0.2) is 0 Å². The number of aryl methyl sites for hydroxylation is 1. The van der Waals surface area contributed by atoms with E-state index in [1.807, 2.05) is 11.6 Å². The molecule has 1 fully saturated rings. The second-order valence-corrected chi connectivity index (χ2v) is 5.77. The second-order valence-electron chi connectivity index (χ2n) is 5.77. The summed E-state index contributed by atoms with van der Waals surface area (Å²) in [6.45, 7) is 4.98. The molecule has 0 aliphatic heterocycles. The molecule has 102 valence electrons. The third-order valence-electron chi connectivity index (χ3n) is 4.13. The number of nitrogens with zero attached hydrogens (tertiary/aromatic N) is 3. The van der Waals surface area contributed by atoms with E-state index in [2.05, 4.69) is 17.0 Å². The molecule has 18 heavy (non-hydrogen) atoms. The minimum atomic E-state index is -0.640. The molecule has 1 saturated carbocycles.